The lowest BCUT2D eigenvalue weighted by Gasteiger charge is -2.14. The van der Waals surface area contributed by atoms with E-state index in [1.54, 1.807) is 0 Å². The molecule has 0 amide bonds. The van der Waals surface area contributed by atoms with Gasteiger partial charge in [-0.05, 0) is 30.0 Å². The normalized spacial score (nSPS) is 12.3. The van der Waals surface area contributed by atoms with Crippen LogP contribution in [0, 0.1) is 0 Å². The number of benzene rings is 1. The molecule has 1 rings (SSSR count). The Morgan fingerprint density at radius 3 is 2.39 bits per heavy atom. The quantitative estimate of drug-likeness (QED) is 0.436. The molecule has 0 saturated heterocycles. The van der Waals surface area contributed by atoms with E-state index in [-0.39, 0.29) is 0 Å². The van der Waals surface area contributed by atoms with Crippen molar-refractivity contribution in [1.82, 2.24) is 0 Å². The van der Waals surface area contributed by atoms with E-state index in [2.05, 4.69) is 47.1 Å². The number of aldehydes is 1. The van der Waals surface area contributed by atoms with Gasteiger partial charge in [0, 0.05) is 10.9 Å². The van der Waals surface area contributed by atoms with Crippen LogP contribution >= 0.6 is 15.9 Å². The van der Waals surface area contributed by atoms with E-state index in [9.17, 15) is 4.79 Å². The molecule has 1 unspecified atom stereocenters. The third kappa shape index (κ3) is 5.81. The molecule has 0 spiro atoms. The van der Waals surface area contributed by atoms with Crippen LogP contribution in [0.3, 0.4) is 0 Å². The minimum atomic E-state index is 0.400. The molecule has 1 nitrogen and oxygen atoms in total. The van der Waals surface area contributed by atoms with E-state index < -0.39 is 0 Å². The molecule has 0 N–H and O–H groups in total. The van der Waals surface area contributed by atoms with Crippen molar-refractivity contribution in [3.63, 3.8) is 0 Å². The molecule has 1 aromatic carbocycles. The van der Waals surface area contributed by atoms with Crippen LogP contribution < -0.4 is 0 Å². The maximum absolute atomic E-state index is 10.8. The summed E-state index contributed by atoms with van der Waals surface area (Å²) in [6.07, 6.45) is 9.29. The molecule has 18 heavy (non-hydrogen) atoms. The second-order valence-electron chi connectivity index (χ2n) is 4.85. The first-order valence-corrected chi connectivity index (χ1v) is 7.76. The highest BCUT2D eigenvalue weighted by Gasteiger charge is 2.10. The smallest absolute Gasteiger partial charge is 0.120 e. The van der Waals surface area contributed by atoms with Gasteiger partial charge in [0.05, 0.1) is 0 Å². The summed E-state index contributed by atoms with van der Waals surface area (Å²) in [6, 6.07) is 8.38. The zero-order valence-corrected chi connectivity index (χ0v) is 12.8. The Hall–Kier alpha value is -0.630. The highest BCUT2D eigenvalue weighted by atomic mass is 79.9. The van der Waals surface area contributed by atoms with Crippen LogP contribution in [-0.4, -0.2) is 6.29 Å². The molecule has 0 aliphatic heterocycles. The standard InChI is InChI=1S/C16H23BrO/c1-2-3-4-5-6-7-14(12-13-18)15-8-10-16(17)11-9-15/h8-11,13-14H,2-7,12H2,1H3. The van der Waals surface area contributed by atoms with Gasteiger partial charge in [-0.15, -0.1) is 0 Å². The molecule has 0 aromatic heterocycles. The molecular weight excluding hydrogens is 288 g/mol. The van der Waals surface area contributed by atoms with Crippen LogP contribution in [0.5, 0.6) is 0 Å². The molecule has 1 atom stereocenters. The lowest BCUT2D eigenvalue weighted by Crippen LogP contribution is -2.00. The van der Waals surface area contributed by atoms with Crippen molar-refractivity contribution in [1.29, 1.82) is 0 Å². The summed E-state index contributed by atoms with van der Waals surface area (Å²) in [5.74, 6) is 0.400. The minimum Gasteiger partial charge on any atom is -0.303 e. The highest BCUT2D eigenvalue weighted by molar-refractivity contribution is 9.10. The fraction of sp³-hybridized carbons (Fsp3) is 0.562. The Labute approximate surface area is 119 Å². The van der Waals surface area contributed by atoms with Crippen molar-refractivity contribution < 1.29 is 4.79 Å². The van der Waals surface area contributed by atoms with Crippen molar-refractivity contribution in [3.8, 4) is 0 Å². The number of carbonyl (C=O) groups is 1. The molecule has 0 heterocycles. The first kappa shape index (κ1) is 15.4. The molecule has 0 aliphatic rings. The predicted octanol–water partition coefficient (Wildman–Crippen LogP) is 5.48. The first-order valence-electron chi connectivity index (χ1n) is 6.97. The van der Waals surface area contributed by atoms with Gasteiger partial charge in [0.25, 0.3) is 0 Å². The molecule has 1 aromatic rings. The molecule has 100 valence electrons. The summed E-state index contributed by atoms with van der Waals surface area (Å²) in [7, 11) is 0. The van der Waals surface area contributed by atoms with Gasteiger partial charge in [0.1, 0.15) is 6.29 Å². The molecule has 0 radical (unpaired) electrons. The van der Waals surface area contributed by atoms with Gasteiger partial charge in [-0.2, -0.15) is 0 Å². The van der Waals surface area contributed by atoms with Crippen molar-refractivity contribution in [2.24, 2.45) is 0 Å². The maximum atomic E-state index is 10.8. The summed E-state index contributed by atoms with van der Waals surface area (Å²) in [4.78, 5) is 10.8. The first-order chi connectivity index (χ1) is 8.77. The van der Waals surface area contributed by atoms with Gasteiger partial charge >= 0.3 is 0 Å². The van der Waals surface area contributed by atoms with E-state index in [1.165, 1.54) is 37.7 Å². The summed E-state index contributed by atoms with van der Waals surface area (Å²) in [5.41, 5.74) is 1.29. The summed E-state index contributed by atoms with van der Waals surface area (Å²) < 4.78 is 1.10. The number of hydrogen-bond acceptors (Lipinski definition) is 1. The van der Waals surface area contributed by atoms with Gasteiger partial charge < -0.3 is 4.79 Å². The summed E-state index contributed by atoms with van der Waals surface area (Å²) in [5, 5.41) is 0. The Bertz CT molecular complexity index is 331. The zero-order valence-electron chi connectivity index (χ0n) is 11.2. The number of rotatable bonds is 9. The van der Waals surface area contributed by atoms with E-state index >= 15 is 0 Å². The topological polar surface area (TPSA) is 17.1 Å². The average molecular weight is 311 g/mol. The SMILES string of the molecule is CCCCCCCC(CC=O)c1ccc(Br)cc1. The Morgan fingerprint density at radius 1 is 1.11 bits per heavy atom. The maximum Gasteiger partial charge on any atom is 0.120 e. The molecule has 0 aliphatic carbocycles. The van der Waals surface area contributed by atoms with Crippen LogP contribution in [0.2, 0.25) is 0 Å². The second kappa shape index (κ2) is 9.32. The zero-order chi connectivity index (χ0) is 13.2. The fourth-order valence-electron chi connectivity index (χ4n) is 2.27. The Balaban J connectivity index is 2.44. The Kier molecular flexibility index (Phi) is 7.99. The third-order valence-corrected chi connectivity index (χ3v) is 3.91. The second-order valence-corrected chi connectivity index (χ2v) is 5.77. The van der Waals surface area contributed by atoms with E-state index in [1.807, 2.05) is 0 Å². The van der Waals surface area contributed by atoms with Crippen LogP contribution in [0.15, 0.2) is 28.7 Å². The highest BCUT2D eigenvalue weighted by Crippen LogP contribution is 2.26. The van der Waals surface area contributed by atoms with Crippen LogP contribution in [0.1, 0.15) is 63.4 Å². The number of halogens is 1. The Morgan fingerprint density at radius 2 is 1.78 bits per heavy atom. The lowest BCUT2D eigenvalue weighted by atomic mass is 9.91. The number of carbonyl (C=O) groups excluding carboxylic acids is 1. The number of unbranched alkanes of at least 4 members (excludes halogenated alkanes) is 4. The fourth-order valence-corrected chi connectivity index (χ4v) is 2.53. The molecular formula is C16H23BrO. The largest absolute Gasteiger partial charge is 0.303 e. The third-order valence-electron chi connectivity index (χ3n) is 3.38. The number of hydrogen-bond donors (Lipinski definition) is 0. The summed E-state index contributed by atoms with van der Waals surface area (Å²) in [6.45, 7) is 2.23. The monoisotopic (exact) mass is 310 g/mol. The van der Waals surface area contributed by atoms with Crippen LogP contribution in [0.25, 0.3) is 0 Å². The van der Waals surface area contributed by atoms with Crippen molar-refractivity contribution in [2.75, 3.05) is 0 Å². The van der Waals surface area contributed by atoms with Crippen molar-refractivity contribution in [3.05, 3.63) is 34.3 Å². The van der Waals surface area contributed by atoms with Gasteiger partial charge in [-0.25, -0.2) is 0 Å². The molecule has 0 bridgehead atoms. The van der Waals surface area contributed by atoms with Crippen molar-refractivity contribution in [2.45, 2.75) is 57.8 Å². The minimum absolute atomic E-state index is 0.400. The molecule has 2 heteroatoms. The van der Waals surface area contributed by atoms with Crippen LogP contribution in [0.4, 0.5) is 0 Å². The summed E-state index contributed by atoms with van der Waals surface area (Å²) >= 11 is 3.45. The van der Waals surface area contributed by atoms with E-state index in [0.29, 0.717) is 12.3 Å². The lowest BCUT2D eigenvalue weighted by molar-refractivity contribution is -0.108. The van der Waals surface area contributed by atoms with E-state index in [4.69, 9.17) is 0 Å². The van der Waals surface area contributed by atoms with Crippen molar-refractivity contribution >= 4 is 22.2 Å². The van der Waals surface area contributed by atoms with Gasteiger partial charge in [-0.1, -0.05) is 67.1 Å². The molecule has 0 fully saturated rings. The average Bonchev–Trinajstić information content (AvgIpc) is 2.38. The predicted molar refractivity (Wildman–Crippen MR) is 80.9 cm³/mol. The molecule has 0 saturated carbocycles. The van der Waals surface area contributed by atoms with Gasteiger partial charge in [0.15, 0.2) is 0 Å². The van der Waals surface area contributed by atoms with Gasteiger partial charge in [-0.3, -0.25) is 0 Å². The van der Waals surface area contributed by atoms with Crippen LogP contribution in [-0.2, 0) is 4.79 Å². The van der Waals surface area contributed by atoms with E-state index in [0.717, 1.165) is 17.2 Å². The van der Waals surface area contributed by atoms with Gasteiger partial charge in [0.2, 0.25) is 0 Å².